The molecule has 0 spiro atoms. The maximum atomic E-state index is 11.6. The van der Waals surface area contributed by atoms with Crippen LogP contribution in [0.4, 0.5) is 0 Å². The number of hydrogen-bond acceptors (Lipinski definition) is 23. The standard InChI is InChI=1S/C54H92O23/c1-23(9-13-33(51(4,5)69)76-49-45(41(65)36(60)29(21-57)73-49)77-48-44(68)39(63)35(59)28(20-56)72-48)24-15-16-54(8)31-12-10-25-26(52(31,6)17-18-53(24,54)7)11-14-32(50(25,2)3)75-47-43(67)40(64)37(61)30(74-47)22-70-46-42(66)38(62)34(58)27(19-55)71-46/h10,23-24,26-49,55-69H,9,11-22H2,1-8H3/t23-,24-,26-,27-,28-,29-,30-,31-,32+,33-,34-,35-,36-,37-,38+,39+,40+,41+,42-,43-,44-,45-,46-,47+,48+,49+,52+,53-,54+/m1/s1. The molecule has 8 rings (SSSR count). The Bertz CT molecular complexity index is 1990. The number of aliphatic hydroxyl groups is 15. The molecule has 4 aliphatic carbocycles. The van der Waals surface area contributed by atoms with E-state index >= 15 is 0 Å². The Labute approximate surface area is 450 Å². The van der Waals surface area contributed by atoms with Crippen molar-refractivity contribution in [3.05, 3.63) is 11.6 Å². The predicted octanol–water partition coefficient (Wildman–Crippen LogP) is -2.20. The Morgan fingerprint density at radius 2 is 1.08 bits per heavy atom. The van der Waals surface area contributed by atoms with Crippen LogP contribution in [0, 0.1) is 45.3 Å². The van der Waals surface area contributed by atoms with Crippen LogP contribution in [-0.4, -0.2) is 244 Å². The monoisotopic (exact) mass is 1110 g/mol. The van der Waals surface area contributed by atoms with E-state index in [4.69, 9.17) is 37.9 Å². The highest BCUT2D eigenvalue weighted by Gasteiger charge is 2.68. The van der Waals surface area contributed by atoms with Crippen LogP contribution < -0.4 is 0 Å². The predicted molar refractivity (Wildman–Crippen MR) is 266 cm³/mol. The van der Waals surface area contributed by atoms with Crippen molar-refractivity contribution in [3.8, 4) is 0 Å². The molecular formula is C54H92O23. The summed E-state index contributed by atoms with van der Waals surface area (Å²) in [6, 6.07) is 0. The molecule has 29 atom stereocenters. The first kappa shape index (κ1) is 61.9. The van der Waals surface area contributed by atoms with Gasteiger partial charge in [0.2, 0.25) is 0 Å². The molecule has 0 unspecified atom stereocenters. The third-order valence-electron chi connectivity index (χ3n) is 20.7. The van der Waals surface area contributed by atoms with Crippen LogP contribution in [0.1, 0.15) is 113 Å². The minimum Gasteiger partial charge on any atom is -0.394 e. The zero-order valence-electron chi connectivity index (χ0n) is 45.8. The first-order valence-corrected chi connectivity index (χ1v) is 27.9. The second-order valence-corrected chi connectivity index (χ2v) is 25.8. The first-order valence-electron chi connectivity index (χ1n) is 27.9. The van der Waals surface area contributed by atoms with Gasteiger partial charge in [-0.25, -0.2) is 0 Å². The normalized spacial score (nSPS) is 51.0. The van der Waals surface area contributed by atoms with Gasteiger partial charge in [-0.05, 0) is 112 Å². The number of rotatable bonds is 17. The summed E-state index contributed by atoms with van der Waals surface area (Å²) in [4.78, 5) is 0. The molecule has 4 aliphatic heterocycles. The Balaban J connectivity index is 0.925. The molecule has 4 heterocycles. The summed E-state index contributed by atoms with van der Waals surface area (Å²) < 4.78 is 47.6. The summed E-state index contributed by atoms with van der Waals surface area (Å²) in [6.45, 7) is 14.5. The SMILES string of the molecule is C[C@H](CC[C@@H](O[C@@H]1O[C@H](CO)[C@@H](O)[C@H](O)[C@H]1O[C@@H]1O[C@H](CO)[C@@H](O)[C@H](O)[C@H]1O)C(C)(C)O)[C@H]1CC[C@@]2(C)[C@@H]3CC=C4[C@@H](CC[C@H](O[C@@H]5O[C@H](CO[C@@H]6O[C@H](CO)[C@@H](O)[C@H](O)[C@H]6O)[C@@H](O)[C@H](O)[C@H]5O)C4(C)C)[C@]3(C)CC[C@]12C. The van der Waals surface area contributed by atoms with Gasteiger partial charge in [0.1, 0.15) is 97.7 Å². The minimum atomic E-state index is -1.83. The molecule has 446 valence electrons. The van der Waals surface area contributed by atoms with Crippen molar-refractivity contribution in [2.24, 2.45) is 45.3 Å². The van der Waals surface area contributed by atoms with Crippen LogP contribution in [0.5, 0.6) is 0 Å². The van der Waals surface area contributed by atoms with Crippen molar-refractivity contribution in [2.75, 3.05) is 26.4 Å². The van der Waals surface area contributed by atoms with Gasteiger partial charge in [0, 0.05) is 5.41 Å². The van der Waals surface area contributed by atoms with Crippen molar-refractivity contribution in [1.29, 1.82) is 0 Å². The van der Waals surface area contributed by atoms with E-state index in [1.807, 2.05) is 0 Å². The zero-order chi connectivity index (χ0) is 56.6. The summed E-state index contributed by atoms with van der Waals surface area (Å²) in [5, 5.41) is 159. The number of allylic oxidation sites excluding steroid dienone is 1. The van der Waals surface area contributed by atoms with Gasteiger partial charge in [0.15, 0.2) is 25.2 Å². The number of aliphatic hydroxyl groups excluding tert-OH is 14. The molecule has 7 fully saturated rings. The van der Waals surface area contributed by atoms with Crippen molar-refractivity contribution in [2.45, 2.75) is 254 Å². The summed E-state index contributed by atoms with van der Waals surface area (Å²) in [5.41, 5.74) is -0.842. The fraction of sp³-hybridized carbons (Fsp3) is 0.963. The average Bonchev–Trinajstić information content (AvgIpc) is 3.90. The molecule has 15 N–H and O–H groups in total. The van der Waals surface area contributed by atoms with Crippen molar-refractivity contribution in [3.63, 3.8) is 0 Å². The van der Waals surface area contributed by atoms with Crippen molar-refractivity contribution in [1.82, 2.24) is 0 Å². The second-order valence-electron chi connectivity index (χ2n) is 25.8. The third-order valence-corrected chi connectivity index (χ3v) is 20.7. The van der Waals surface area contributed by atoms with E-state index in [0.717, 1.165) is 38.5 Å². The largest absolute Gasteiger partial charge is 0.394 e. The van der Waals surface area contributed by atoms with E-state index in [-0.39, 0.29) is 28.1 Å². The number of hydrogen-bond donors (Lipinski definition) is 15. The van der Waals surface area contributed by atoms with Crippen LogP contribution in [0.2, 0.25) is 0 Å². The molecule has 23 heteroatoms. The van der Waals surface area contributed by atoms with Gasteiger partial charge in [0.05, 0.1) is 44.2 Å². The highest BCUT2D eigenvalue weighted by molar-refractivity contribution is 5.30. The number of fused-ring (bicyclic) bond motifs is 5. The smallest absolute Gasteiger partial charge is 0.187 e. The van der Waals surface area contributed by atoms with Gasteiger partial charge in [0.25, 0.3) is 0 Å². The molecular weight excluding hydrogens is 1020 g/mol. The molecule has 77 heavy (non-hydrogen) atoms. The summed E-state index contributed by atoms with van der Waals surface area (Å²) in [6.07, 6.45) is -23.1. The number of ether oxygens (including phenoxy) is 8. The van der Waals surface area contributed by atoms with E-state index in [2.05, 4.69) is 47.6 Å². The lowest BCUT2D eigenvalue weighted by atomic mass is 9.39. The van der Waals surface area contributed by atoms with Gasteiger partial charge in [-0.1, -0.05) is 53.2 Å². The van der Waals surface area contributed by atoms with Gasteiger partial charge < -0.3 is 114 Å². The first-order chi connectivity index (χ1) is 36.0. The molecule has 3 saturated carbocycles. The summed E-state index contributed by atoms with van der Waals surface area (Å²) in [5.74, 6) is 1.08. The Hall–Kier alpha value is -1.18. The maximum Gasteiger partial charge on any atom is 0.187 e. The Morgan fingerprint density at radius 1 is 0.571 bits per heavy atom. The van der Waals surface area contributed by atoms with Gasteiger partial charge >= 0.3 is 0 Å². The Kier molecular flexibility index (Phi) is 18.9. The van der Waals surface area contributed by atoms with Gasteiger partial charge in [-0.3, -0.25) is 0 Å². The molecule has 0 amide bonds. The summed E-state index contributed by atoms with van der Waals surface area (Å²) >= 11 is 0. The summed E-state index contributed by atoms with van der Waals surface area (Å²) in [7, 11) is 0. The van der Waals surface area contributed by atoms with Crippen LogP contribution in [0.3, 0.4) is 0 Å². The van der Waals surface area contributed by atoms with E-state index in [1.54, 1.807) is 13.8 Å². The van der Waals surface area contributed by atoms with E-state index in [9.17, 15) is 76.6 Å². The average molecular weight is 1110 g/mol. The lowest BCUT2D eigenvalue weighted by Gasteiger charge is -2.66. The Morgan fingerprint density at radius 3 is 1.65 bits per heavy atom. The zero-order valence-corrected chi connectivity index (χ0v) is 45.8. The molecule has 0 aromatic carbocycles. The van der Waals surface area contributed by atoms with Crippen LogP contribution >= 0.6 is 0 Å². The van der Waals surface area contributed by atoms with Crippen LogP contribution in [0.15, 0.2) is 11.6 Å². The molecule has 0 aromatic rings. The molecule has 0 aromatic heterocycles. The van der Waals surface area contributed by atoms with E-state index in [0.29, 0.717) is 31.1 Å². The lowest BCUT2D eigenvalue weighted by Crippen LogP contribution is -2.65. The van der Waals surface area contributed by atoms with Crippen LogP contribution in [-0.2, 0) is 37.9 Å². The quantitative estimate of drug-likeness (QED) is 0.0687. The molecule has 0 radical (unpaired) electrons. The topological polar surface area (TPSA) is 377 Å². The maximum absolute atomic E-state index is 11.6. The molecule has 23 nitrogen and oxygen atoms in total. The highest BCUT2D eigenvalue weighted by Crippen LogP contribution is 2.75. The van der Waals surface area contributed by atoms with E-state index < -0.39 is 172 Å². The fourth-order valence-electron chi connectivity index (χ4n) is 15.6. The fourth-order valence-corrected chi connectivity index (χ4v) is 15.6. The second kappa shape index (κ2) is 23.5. The third kappa shape index (κ3) is 11.1. The van der Waals surface area contributed by atoms with Crippen molar-refractivity contribution < 1.29 is 114 Å². The van der Waals surface area contributed by atoms with Gasteiger partial charge in [-0.2, -0.15) is 0 Å². The molecule has 0 bridgehead atoms. The van der Waals surface area contributed by atoms with Crippen LogP contribution in [0.25, 0.3) is 0 Å². The van der Waals surface area contributed by atoms with E-state index in [1.165, 1.54) is 5.57 Å². The minimum absolute atomic E-state index is 0.0322. The lowest BCUT2D eigenvalue weighted by molar-refractivity contribution is -0.375. The van der Waals surface area contributed by atoms with Gasteiger partial charge in [-0.15, -0.1) is 0 Å². The molecule has 8 aliphatic rings. The van der Waals surface area contributed by atoms with Crippen molar-refractivity contribution >= 4 is 0 Å². The highest BCUT2D eigenvalue weighted by atomic mass is 16.8. The molecule has 4 saturated heterocycles.